The van der Waals surface area contributed by atoms with E-state index in [2.05, 4.69) is 12.2 Å². The van der Waals surface area contributed by atoms with Crippen molar-refractivity contribution in [3.05, 3.63) is 64.9 Å². The van der Waals surface area contributed by atoms with Gasteiger partial charge in [-0.3, -0.25) is 4.79 Å². The zero-order valence-corrected chi connectivity index (χ0v) is 16.3. The smallest absolute Gasteiger partial charge is 0.336 e. The van der Waals surface area contributed by atoms with E-state index >= 15 is 0 Å². The van der Waals surface area contributed by atoms with Crippen LogP contribution in [0.2, 0.25) is 0 Å². The Kier molecular flexibility index (Phi) is 5.67. The zero-order valence-electron chi connectivity index (χ0n) is 16.3. The molecule has 2 aromatic heterocycles. The van der Waals surface area contributed by atoms with Crippen LogP contribution in [0.25, 0.3) is 11.0 Å². The summed E-state index contributed by atoms with van der Waals surface area (Å²) < 4.78 is 16.3. The molecular weight excluding hydrogens is 372 g/mol. The van der Waals surface area contributed by atoms with Crippen molar-refractivity contribution in [2.24, 2.45) is 0 Å². The van der Waals surface area contributed by atoms with Crippen LogP contribution in [-0.4, -0.2) is 42.6 Å². The fraction of sp³-hybridized carbons (Fsp3) is 0.364. The van der Waals surface area contributed by atoms with Gasteiger partial charge in [-0.2, -0.15) is 0 Å². The fourth-order valence-corrected chi connectivity index (χ4v) is 3.61. The number of hydrogen-bond acceptors (Lipinski definition) is 6. The van der Waals surface area contributed by atoms with Crippen molar-refractivity contribution >= 4 is 16.9 Å². The molecule has 1 amide bonds. The summed E-state index contributed by atoms with van der Waals surface area (Å²) in [6.45, 7) is 3.97. The zero-order chi connectivity index (χ0) is 20.2. The molecule has 7 heteroatoms. The molecule has 7 nitrogen and oxygen atoms in total. The van der Waals surface area contributed by atoms with Crippen molar-refractivity contribution in [1.82, 2.24) is 10.2 Å². The first kappa shape index (κ1) is 19.3. The minimum atomic E-state index is -0.374. The molecule has 0 spiro atoms. The van der Waals surface area contributed by atoms with Crippen LogP contribution in [0, 0.1) is 0 Å². The third-order valence-corrected chi connectivity index (χ3v) is 5.13. The van der Waals surface area contributed by atoms with Gasteiger partial charge in [0.15, 0.2) is 5.76 Å². The van der Waals surface area contributed by atoms with E-state index in [1.807, 2.05) is 17.0 Å². The molecule has 1 aromatic carbocycles. The molecule has 1 N–H and O–H groups in total. The highest BCUT2D eigenvalue weighted by molar-refractivity contribution is 5.91. The molecule has 1 fully saturated rings. The second-order valence-electron chi connectivity index (χ2n) is 7.38. The monoisotopic (exact) mass is 396 g/mol. The normalized spacial score (nSPS) is 16.1. The van der Waals surface area contributed by atoms with Crippen molar-refractivity contribution in [3.8, 4) is 5.75 Å². The third kappa shape index (κ3) is 4.68. The summed E-state index contributed by atoms with van der Waals surface area (Å²) in [5, 5.41) is 4.43. The summed E-state index contributed by atoms with van der Waals surface area (Å²) in [6.07, 6.45) is 3.29. The Balaban J connectivity index is 1.25. The average Bonchev–Trinajstić information content (AvgIpc) is 3.27. The van der Waals surface area contributed by atoms with Gasteiger partial charge in [0, 0.05) is 42.7 Å². The number of piperidine rings is 1. The Morgan fingerprint density at radius 2 is 2.03 bits per heavy atom. The number of likely N-dealkylation sites (tertiary alicyclic amines) is 1. The van der Waals surface area contributed by atoms with E-state index < -0.39 is 0 Å². The molecule has 152 valence electrons. The number of carbonyl (C=O) groups is 1. The highest BCUT2D eigenvalue weighted by Crippen LogP contribution is 2.20. The first-order valence-corrected chi connectivity index (χ1v) is 9.84. The van der Waals surface area contributed by atoms with Crippen LogP contribution in [0.3, 0.4) is 0 Å². The predicted octanol–water partition coefficient (Wildman–Crippen LogP) is 3.05. The van der Waals surface area contributed by atoms with E-state index in [0.717, 1.165) is 18.2 Å². The van der Waals surface area contributed by atoms with Crippen LogP contribution < -0.4 is 15.7 Å². The maximum Gasteiger partial charge on any atom is 0.336 e. The van der Waals surface area contributed by atoms with E-state index in [1.165, 1.54) is 12.3 Å². The molecule has 0 radical (unpaired) electrons. The van der Waals surface area contributed by atoms with Crippen molar-refractivity contribution < 1.29 is 18.4 Å². The SMILES string of the molecule is CC(COc1ccc2ccc(=O)oc2c1)NC1CCN(C(=O)c2ccco2)CC1. The maximum absolute atomic E-state index is 12.3. The number of nitrogens with one attached hydrogen (secondary N) is 1. The number of ether oxygens (including phenoxy) is 1. The van der Waals surface area contributed by atoms with Gasteiger partial charge in [-0.15, -0.1) is 0 Å². The molecule has 0 aliphatic carbocycles. The number of furan rings is 1. The van der Waals surface area contributed by atoms with Crippen LogP contribution >= 0.6 is 0 Å². The van der Waals surface area contributed by atoms with Gasteiger partial charge in [-0.25, -0.2) is 4.79 Å². The van der Waals surface area contributed by atoms with Gasteiger partial charge in [0.2, 0.25) is 0 Å². The van der Waals surface area contributed by atoms with Gasteiger partial charge in [-0.05, 0) is 50.1 Å². The van der Waals surface area contributed by atoms with Gasteiger partial charge >= 0.3 is 5.63 Å². The molecule has 1 unspecified atom stereocenters. The molecule has 3 aromatic rings. The minimum Gasteiger partial charge on any atom is -0.492 e. The number of amides is 1. The Hall–Kier alpha value is -3.06. The lowest BCUT2D eigenvalue weighted by Gasteiger charge is -2.33. The summed E-state index contributed by atoms with van der Waals surface area (Å²) >= 11 is 0. The molecule has 1 atom stereocenters. The summed E-state index contributed by atoms with van der Waals surface area (Å²) in [6, 6.07) is 12.5. The number of hydrogen-bond donors (Lipinski definition) is 1. The van der Waals surface area contributed by atoms with Crippen molar-refractivity contribution in [2.45, 2.75) is 31.8 Å². The lowest BCUT2D eigenvalue weighted by Crippen LogP contribution is -2.48. The van der Waals surface area contributed by atoms with Crippen LogP contribution in [0.15, 0.2) is 62.4 Å². The largest absolute Gasteiger partial charge is 0.492 e. The number of carbonyl (C=O) groups excluding carboxylic acids is 1. The summed E-state index contributed by atoms with van der Waals surface area (Å²) in [5.41, 5.74) is 0.144. The van der Waals surface area contributed by atoms with E-state index in [-0.39, 0.29) is 17.6 Å². The highest BCUT2D eigenvalue weighted by atomic mass is 16.5. The first-order valence-electron chi connectivity index (χ1n) is 9.84. The maximum atomic E-state index is 12.3. The lowest BCUT2D eigenvalue weighted by atomic mass is 10.0. The molecule has 0 saturated carbocycles. The van der Waals surface area contributed by atoms with Gasteiger partial charge in [-0.1, -0.05) is 0 Å². The quantitative estimate of drug-likeness (QED) is 0.645. The Morgan fingerprint density at radius 3 is 2.79 bits per heavy atom. The molecule has 1 aliphatic rings. The third-order valence-electron chi connectivity index (χ3n) is 5.13. The first-order chi connectivity index (χ1) is 14.1. The van der Waals surface area contributed by atoms with Crippen LogP contribution in [0.4, 0.5) is 0 Å². The van der Waals surface area contributed by atoms with Gasteiger partial charge in [0.25, 0.3) is 5.91 Å². The Morgan fingerprint density at radius 1 is 1.24 bits per heavy atom. The average molecular weight is 396 g/mol. The minimum absolute atomic E-state index is 0.0483. The molecule has 0 bridgehead atoms. The molecule has 1 saturated heterocycles. The lowest BCUT2D eigenvalue weighted by molar-refractivity contribution is 0.0667. The van der Waals surface area contributed by atoms with Crippen LogP contribution in [0.5, 0.6) is 5.75 Å². The number of nitrogens with zero attached hydrogens (tertiary/aromatic N) is 1. The molecular formula is C22H24N2O5. The number of benzene rings is 1. The summed E-state index contributed by atoms with van der Waals surface area (Å²) in [4.78, 5) is 25.5. The van der Waals surface area contributed by atoms with E-state index in [4.69, 9.17) is 13.6 Å². The molecule has 4 rings (SSSR count). The standard InChI is InChI=1S/C22H24N2O5/c1-15(14-28-18-6-4-16-5-7-21(25)29-20(16)13-18)23-17-8-10-24(11-9-17)22(26)19-3-2-12-27-19/h2-7,12-13,15,17,23H,8-11,14H2,1H3. The van der Waals surface area contributed by atoms with Gasteiger partial charge < -0.3 is 23.8 Å². The van der Waals surface area contributed by atoms with E-state index in [9.17, 15) is 9.59 Å². The van der Waals surface area contributed by atoms with Crippen molar-refractivity contribution in [3.63, 3.8) is 0 Å². The van der Waals surface area contributed by atoms with Crippen LogP contribution in [-0.2, 0) is 0 Å². The number of rotatable bonds is 6. The topological polar surface area (TPSA) is 84.9 Å². The summed E-state index contributed by atoms with van der Waals surface area (Å²) in [5.74, 6) is 1.01. The fourth-order valence-electron chi connectivity index (χ4n) is 3.61. The van der Waals surface area contributed by atoms with Gasteiger partial charge in [0.1, 0.15) is 17.9 Å². The second-order valence-corrected chi connectivity index (χ2v) is 7.38. The molecule has 29 heavy (non-hydrogen) atoms. The summed E-state index contributed by atoms with van der Waals surface area (Å²) in [7, 11) is 0. The predicted molar refractivity (Wildman–Crippen MR) is 108 cm³/mol. The molecule has 3 heterocycles. The van der Waals surface area contributed by atoms with E-state index in [1.54, 1.807) is 24.3 Å². The second kappa shape index (κ2) is 8.53. The van der Waals surface area contributed by atoms with Crippen molar-refractivity contribution in [2.75, 3.05) is 19.7 Å². The van der Waals surface area contributed by atoms with Crippen molar-refractivity contribution in [1.29, 1.82) is 0 Å². The Labute approximate surface area is 168 Å². The van der Waals surface area contributed by atoms with E-state index in [0.29, 0.717) is 42.8 Å². The highest BCUT2D eigenvalue weighted by Gasteiger charge is 2.25. The number of fused-ring (bicyclic) bond motifs is 1. The van der Waals surface area contributed by atoms with Gasteiger partial charge in [0.05, 0.1) is 6.26 Å². The van der Waals surface area contributed by atoms with Crippen LogP contribution in [0.1, 0.15) is 30.3 Å². The Bertz CT molecular complexity index is 1020. The molecule has 1 aliphatic heterocycles.